The zero-order valence-electron chi connectivity index (χ0n) is 11.2. The molecule has 0 aromatic heterocycles. The van der Waals surface area contributed by atoms with Crippen LogP contribution < -0.4 is 11.5 Å². The Labute approximate surface area is 118 Å². The Bertz CT molecular complexity index is 443. The van der Waals surface area contributed by atoms with E-state index in [0.717, 1.165) is 42.1 Å². The van der Waals surface area contributed by atoms with E-state index in [0.29, 0.717) is 5.69 Å². The first-order valence-corrected chi connectivity index (χ1v) is 7.36. The maximum absolute atomic E-state index is 6.12. The third-order valence-corrected chi connectivity index (χ3v) is 4.36. The third kappa shape index (κ3) is 2.81. The van der Waals surface area contributed by atoms with Crippen LogP contribution in [0.3, 0.4) is 0 Å². The first kappa shape index (κ1) is 13.7. The lowest BCUT2D eigenvalue weighted by molar-refractivity contribution is 0.240. The van der Waals surface area contributed by atoms with Gasteiger partial charge in [-0.15, -0.1) is 0 Å². The van der Waals surface area contributed by atoms with Gasteiger partial charge >= 0.3 is 0 Å². The molecule has 0 unspecified atom stereocenters. The Hall–Kier alpha value is -0.740. The molecule has 0 fully saturated rings. The standard InChI is InChI=1S/C14H22BrN3/c1-9(2)3-5-18-6-4-10-11(8-18)14(17)13(16)7-12(10)15/h7,9H,3-6,8,16-17H2,1-2H3. The van der Waals surface area contributed by atoms with Gasteiger partial charge in [0.25, 0.3) is 0 Å². The van der Waals surface area contributed by atoms with Crippen molar-refractivity contribution in [1.29, 1.82) is 0 Å². The van der Waals surface area contributed by atoms with E-state index >= 15 is 0 Å². The summed E-state index contributed by atoms with van der Waals surface area (Å²) in [5, 5.41) is 0. The van der Waals surface area contributed by atoms with Crippen molar-refractivity contribution in [3.05, 3.63) is 21.7 Å². The number of fused-ring (bicyclic) bond motifs is 1. The van der Waals surface area contributed by atoms with Crippen molar-refractivity contribution in [2.24, 2.45) is 5.92 Å². The molecule has 0 bridgehead atoms. The summed E-state index contributed by atoms with van der Waals surface area (Å²) in [6.45, 7) is 7.71. The summed E-state index contributed by atoms with van der Waals surface area (Å²) in [6.07, 6.45) is 2.29. The van der Waals surface area contributed by atoms with E-state index < -0.39 is 0 Å². The van der Waals surface area contributed by atoms with Crippen LogP contribution in [0.2, 0.25) is 0 Å². The Morgan fingerprint density at radius 2 is 2.06 bits per heavy atom. The van der Waals surface area contributed by atoms with Crippen molar-refractivity contribution >= 4 is 27.3 Å². The largest absolute Gasteiger partial charge is 0.397 e. The zero-order valence-corrected chi connectivity index (χ0v) is 12.8. The molecule has 100 valence electrons. The van der Waals surface area contributed by atoms with Crippen molar-refractivity contribution in [3.8, 4) is 0 Å². The van der Waals surface area contributed by atoms with Crippen LogP contribution in [-0.2, 0) is 13.0 Å². The van der Waals surface area contributed by atoms with E-state index in [1.165, 1.54) is 17.5 Å². The average Bonchev–Trinajstić information content (AvgIpc) is 2.33. The minimum atomic E-state index is 0.686. The second-order valence-corrected chi connectivity index (χ2v) is 6.38. The highest BCUT2D eigenvalue weighted by Gasteiger charge is 2.21. The van der Waals surface area contributed by atoms with Gasteiger partial charge in [0.2, 0.25) is 0 Å². The van der Waals surface area contributed by atoms with E-state index in [1.54, 1.807) is 0 Å². The molecule has 1 aromatic rings. The van der Waals surface area contributed by atoms with Crippen molar-refractivity contribution in [2.75, 3.05) is 24.6 Å². The highest BCUT2D eigenvalue weighted by molar-refractivity contribution is 9.10. The molecule has 18 heavy (non-hydrogen) atoms. The highest BCUT2D eigenvalue weighted by Crippen LogP contribution is 2.34. The lowest BCUT2D eigenvalue weighted by Gasteiger charge is -2.31. The second kappa shape index (κ2) is 5.49. The maximum atomic E-state index is 6.12. The predicted molar refractivity (Wildman–Crippen MR) is 81.4 cm³/mol. The van der Waals surface area contributed by atoms with Crippen molar-refractivity contribution < 1.29 is 0 Å². The van der Waals surface area contributed by atoms with Crippen LogP contribution in [0.5, 0.6) is 0 Å². The SMILES string of the molecule is CC(C)CCN1CCc2c(Br)cc(N)c(N)c2C1. The van der Waals surface area contributed by atoms with Crippen molar-refractivity contribution in [3.63, 3.8) is 0 Å². The number of nitrogens with two attached hydrogens (primary N) is 2. The Morgan fingerprint density at radius 3 is 2.72 bits per heavy atom. The monoisotopic (exact) mass is 311 g/mol. The van der Waals surface area contributed by atoms with Gasteiger partial charge in [-0.05, 0) is 42.5 Å². The molecule has 3 nitrogen and oxygen atoms in total. The lowest BCUT2D eigenvalue weighted by atomic mass is 9.96. The van der Waals surface area contributed by atoms with Crippen LogP contribution in [0.1, 0.15) is 31.4 Å². The van der Waals surface area contributed by atoms with Crippen LogP contribution in [0.4, 0.5) is 11.4 Å². The van der Waals surface area contributed by atoms with Gasteiger partial charge in [0.15, 0.2) is 0 Å². The van der Waals surface area contributed by atoms with Gasteiger partial charge in [-0.3, -0.25) is 4.90 Å². The zero-order chi connectivity index (χ0) is 13.3. The Kier molecular flexibility index (Phi) is 4.17. The Morgan fingerprint density at radius 1 is 1.33 bits per heavy atom. The molecule has 1 heterocycles. The van der Waals surface area contributed by atoms with Gasteiger partial charge < -0.3 is 11.5 Å². The molecule has 0 amide bonds. The van der Waals surface area contributed by atoms with Crippen LogP contribution in [0.15, 0.2) is 10.5 Å². The fraction of sp³-hybridized carbons (Fsp3) is 0.571. The lowest BCUT2D eigenvalue weighted by Crippen LogP contribution is -2.32. The van der Waals surface area contributed by atoms with Gasteiger partial charge in [-0.2, -0.15) is 0 Å². The topological polar surface area (TPSA) is 55.3 Å². The first-order valence-electron chi connectivity index (χ1n) is 6.56. The number of anilines is 2. The average molecular weight is 312 g/mol. The van der Waals surface area contributed by atoms with Gasteiger partial charge in [-0.1, -0.05) is 29.8 Å². The van der Waals surface area contributed by atoms with E-state index in [1.807, 2.05) is 6.07 Å². The molecule has 1 aliphatic heterocycles. The summed E-state index contributed by atoms with van der Waals surface area (Å²) in [5.41, 5.74) is 16.1. The third-order valence-electron chi connectivity index (χ3n) is 3.65. The van der Waals surface area contributed by atoms with Gasteiger partial charge in [0, 0.05) is 17.6 Å². The predicted octanol–water partition coefficient (Wildman–Crippen LogP) is 3.02. The van der Waals surface area contributed by atoms with Gasteiger partial charge in [0.05, 0.1) is 11.4 Å². The van der Waals surface area contributed by atoms with Crippen molar-refractivity contribution in [2.45, 2.75) is 33.2 Å². The molecule has 1 aliphatic rings. The van der Waals surface area contributed by atoms with Crippen LogP contribution in [0, 0.1) is 5.92 Å². The molecule has 1 aromatic carbocycles. The highest BCUT2D eigenvalue weighted by atomic mass is 79.9. The Balaban J connectivity index is 2.18. The molecule has 0 saturated carbocycles. The molecule has 2 rings (SSSR count). The van der Waals surface area contributed by atoms with Crippen LogP contribution >= 0.6 is 15.9 Å². The fourth-order valence-electron chi connectivity index (χ4n) is 2.44. The maximum Gasteiger partial charge on any atom is 0.0597 e. The van der Waals surface area contributed by atoms with E-state index in [4.69, 9.17) is 11.5 Å². The number of nitrogens with zero attached hydrogens (tertiary/aromatic N) is 1. The first-order chi connectivity index (χ1) is 8.49. The molecular weight excluding hydrogens is 290 g/mol. The molecule has 0 aliphatic carbocycles. The molecule has 0 saturated heterocycles. The van der Waals surface area contributed by atoms with Gasteiger partial charge in [0.1, 0.15) is 0 Å². The van der Waals surface area contributed by atoms with E-state index in [2.05, 4.69) is 34.7 Å². The molecule has 4 heteroatoms. The summed E-state index contributed by atoms with van der Waals surface area (Å²) in [4.78, 5) is 2.48. The number of hydrogen-bond acceptors (Lipinski definition) is 3. The van der Waals surface area contributed by atoms with E-state index in [-0.39, 0.29) is 0 Å². The molecule has 4 N–H and O–H groups in total. The summed E-state index contributed by atoms with van der Waals surface area (Å²) in [7, 11) is 0. The number of benzene rings is 1. The van der Waals surface area contributed by atoms with Gasteiger partial charge in [-0.25, -0.2) is 0 Å². The summed E-state index contributed by atoms with van der Waals surface area (Å²) >= 11 is 3.60. The quantitative estimate of drug-likeness (QED) is 0.844. The smallest absolute Gasteiger partial charge is 0.0597 e. The summed E-state index contributed by atoms with van der Waals surface area (Å²) < 4.78 is 1.10. The molecule has 0 radical (unpaired) electrons. The second-order valence-electron chi connectivity index (χ2n) is 5.53. The number of nitrogen functional groups attached to an aromatic ring is 2. The van der Waals surface area contributed by atoms with Crippen molar-refractivity contribution in [1.82, 2.24) is 4.90 Å². The minimum Gasteiger partial charge on any atom is -0.397 e. The fourth-order valence-corrected chi connectivity index (χ4v) is 3.12. The summed E-state index contributed by atoms with van der Waals surface area (Å²) in [5.74, 6) is 0.747. The van der Waals surface area contributed by atoms with E-state index in [9.17, 15) is 0 Å². The molecular formula is C14H22BrN3. The summed E-state index contributed by atoms with van der Waals surface area (Å²) in [6, 6.07) is 1.93. The molecule has 0 atom stereocenters. The molecule has 0 spiro atoms. The number of rotatable bonds is 3. The normalized spacial score (nSPS) is 16.0. The van der Waals surface area contributed by atoms with Crippen LogP contribution in [0.25, 0.3) is 0 Å². The van der Waals surface area contributed by atoms with Crippen LogP contribution in [-0.4, -0.2) is 18.0 Å². The number of hydrogen-bond donors (Lipinski definition) is 2. The number of halogens is 1. The minimum absolute atomic E-state index is 0.686.